The first-order valence-electron chi connectivity index (χ1n) is 11.7. The van der Waals surface area contributed by atoms with Crippen molar-refractivity contribution >= 4 is 11.6 Å². The maximum Gasteiger partial charge on any atom is 0.322 e. The van der Waals surface area contributed by atoms with E-state index >= 15 is 0 Å². The zero-order valence-corrected chi connectivity index (χ0v) is 20.3. The molecule has 2 unspecified atom stereocenters. The van der Waals surface area contributed by atoms with Crippen LogP contribution in [0.2, 0.25) is 0 Å². The van der Waals surface area contributed by atoms with Crippen LogP contribution >= 0.6 is 0 Å². The Bertz CT molecular complexity index is 1300. The molecule has 36 heavy (non-hydrogen) atoms. The van der Waals surface area contributed by atoms with Crippen molar-refractivity contribution in [3.8, 4) is 22.9 Å². The highest BCUT2D eigenvalue weighted by molar-refractivity contribution is 5.87. The van der Waals surface area contributed by atoms with Gasteiger partial charge in [-0.1, -0.05) is 23.4 Å². The van der Waals surface area contributed by atoms with Crippen molar-refractivity contribution in [1.29, 1.82) is 0 Å². The standard InChI is InChI=1S/C26H27FN4O5/c1-15-22(25-29-24(30-36-25)17-6-4-7-18(27)12-17)23(16-9-10-20(33-2)21(13-16)34-3)28-26(32)31(15)14-19-8-5-11-35-19/h4,6-7,9-10,12-13,19,23H,5,8,11,14H2,1-3H3,(H,28,32). The highest BCUT2D eigenvalue weighted by Crippen LogP contribution is 2.40. The number of rotatable bonds is 7. The van der Waals surface area contributed by atoms with E-state index in [9.17, 15) is 9.18 Å². The van der Waals surface area contributed by atoms with Gasteiger partial charge in [-0.25, -0.2) is 9.18 Å². The summed E-state index contributed by atoms with van der Waals surface area (Å²) in [4.78, 5) is 19.5. The zero-order chi connectivity index (χ0) is 25.2. The molecule has 2 aromatic carbocycles. The van der Waals surface area contributed by atoms with Gasteiger partial charge in [-0.3, -0.25) is 4.90 Å². The number of aromatic nitrogens is 2. The Labute approximate surface area is 207 Å². The Hall–Kier alpha value is -3.92. The smallest absolute Gasteiger partial charge is 0.322 e. The number of carbonyl (C=O) groups is 1. The van der Waals surface area contributed by atoms with E-state index in [4.69, 9.17) is 18.7 Å². The fraction of sp³-hybridized carbons (Fsp3) is 0.346. The molecule has 0 bridgehead atoms. The second-order valence-corrected chi connectivity index (χ2v) is 8.68. The number of hydrogen-bond donors (Lipinski definition) is 1. The van der Waals surface area contributed by atoms with E-state index < -0.39 is 11.9 Å². The molecule has 1 saturated heterocycles. The van der Waals surface area contributed by atoms with Crippen LogP contribution in [0.4, 0.5) is 9.18 Å². The van der Waals surface area contributed by atoms with Crippen LogP contribution in [0.5, 0.6) is 11.5 Å². The monoisotopic (exact) mass is 494 g/mol. The number of halogens is 1. The molecule has 0 saturated carbocycles. The Balaban J connectivity index is 1.59. The summed E-state index contributed by atoms with van der Waals surface area (Å²) in [5, 5.41) is 7.16. The first-order valence-corrected chi connectivity index (χ1v) is 11.7. The van der Waals surface area contributed by atoms with Crippen molar-refractivity contribution in [2.75, 3.05) is 27.4 Å². The fourth-order valence-electron chi connectivity index (χ4n) is 4.63. The molecule has 10 heteroatoms. The number of hydrogen-bond acceptors (Lipinski definition) is 7. The molecule has 9 nitrogen and oxygen atoms in total. The molecule has 3 heterocycles. The molecule has 2 amide bonds. The van der Waals surface area contributed by atoms with Gasteiger partial charge in [-0.05, 0) is 49.6 Å². The van der Waals surface area contributed by atoms with Crippen LogP contribution in [0.1, 0.15) is 37.3 Å². The second kappa shape index (κ2) is 9.98. The first kappa shape index (κ1) is 23.8. The van der Waals surface area contributed by atoms with Gasteiger partial charge in [-0.2, -0.15) is 4.98 Å². The Morgan fingerprint density at radius 3 is 2.72 bits per heavy atom. The number of ether oxygens (including phenoxy) is 3. The molecule has 2 aliphatic heterocycles. The summed E-state index contributed by atoms with van der Waals surface area (Å²) in [6.07, 6.45) is 1.80. The predicted molar refractivity (Wildman–Crippen MR) is 129 cm³/mol. The third-order valence-electron chi connectivity index (χ3n) is 6.49. The molecule has 3 aromatic rings. The van der Waals surface area contributed by atoms with Crippen LogP contribution in [-0.4, -0.2) is 54.5 Å². The van der Waals surface area contributed by atoms with Crippen molar-refractivity contribution in [2.45, 2.75) is 31.9 Å². The van der Waals surface area contributed by atoms with Crippen LogP contribution in [0.25, 0.3) is 17.0 Å². The van der Waals surface area contributed by atoms with Crippen LogP contribution in [0.15, 0.2) is 52.7 Å². The van der Waals surface area contributed by atoms with E-state index in [1.807, 2.05) is 13.0 Å². The maximum atomic E-state index is 13.8. The van der Waals surface area contributed by atoms with Crippen molar-refractivity contribution in [3.05, 3.63) is 65.4 Å². The summed E-state index contributed by atoms with van der Waals surface area (Å²) >= 11 is 0. The molecule has 1 fully saturated rings. The van der Waals surface area contributed by atoms with E-state index in [0.29, 0.717) is 41.5 Å². The predicted octanol–water partition coefficient (Wildman–Crippen LogP) is 4.57. The lowest BCUT2D eigenvalue weighted by Crippen LogP contribution is -2.48. The SMILES string of the molecule is COc1ccc(C2NC(=O)N(CC3CCCO3)C(C)=C2c2nc(-c3cccc(F)c3)no2)cc1OC. The number of allylic oxidation sites excluding steroid dienone is 1. The molecule has 188 valence electrons. The van der Waals surface area contributed by atoms with Gasteiger partial charge >= 0.3 is 6.03 Å². The number of nitrogens with zero attached hydrogens (tertiary/aromatic N) is 3. The van der Waals surface area contributed by atoms with Gasteiger partial charge in [-0.15, -0.1) is 0 Å². The fourth-order valence-corrected chi connectivity index (χ4v) is 4.63. The van der Waals surface area contributed by atoms with Gasteiger partial charge in [0.25, 0.3) is 5.89 Å². The average Bonchev–Trinajstić information content (AvgIpc) is 3.58. The molecule has 0 radical (unpaired) electrons. The molecule has 5 rings (SSSR count). The zero-order valence-electron chi connectivity index (χ0n) is 20.3. The van der Waals surface area contributed by atoms with Crippen LogP contribution < -0.4 is 14.8 Å². The number of methoxy groups -OCH3 is 2. The largest absolute Gasteiger partial charge is 0.493 e. The highest BCUT2D eigenvalue weighted by Gasteiger charge is 2.37. The van der Waals surface area contributed by atoms with E-state index in [-0.39, 0.29) is 23.9 Å². The van der Waals surface area contributed by atoms with Crippen LogP contribution in [0, 0.1) is 5.82 Å². The van der Waals surface area contributed by atoms with Gasteiger partial charge in [0.1, 0.15) is 5.82 Å². The molecule has 0 aliphatic carbocycles. The summed E-state index contributed by atoms with van der Waals surface area (Å²) < 4.78 is 36.1. The highest BCUT2D eigenvalue weighted by atomic mass is 19.1. The van der Waals surface area contributed by atoms with Gasteiger partial charge in [0.05, 0.1) is 38.5 Å². The Kier molecular flexibility index (Phi) is 6.60. The minimum atomic E-state index is -0.598. The Morgan fingerprint density at radius 2 is 2.00 bits per heavy atom. The van der Waals surface area contributed by atoms with Crippen LogP contribution in [-0.2, 0) is 4.74 Å². The van der Waals surface area contributed by atoms with E-state index in [1.165, 1.54) is 12.1 Å². The first-order chi connectivity index (χ1) is 17.5. The molecule has 2 aliphatic rings. The number of carbonyl (C=O) groups excluding carboxylic acids is 1. The van der Waals surface area contributed by atoms with E-state index in [1.54, 1.807) is 43.4 Å². The summed E-state index contributed by atoms with van der Waals surface area (Å²) in [5.41, 5.74) is 2.54. The molecule has 2 atom stereocenters. The third-order valence-corrected chi connectivity index (χ3v) is 6.49. The molecular weight excluding hydrogens is 467 g/mol. The minimum absolute atomic E-state index is 0.0462. The quantitative estimate of drug-likeness (QED) is 0.514. The lowest BCUT2D eigenvalue weighted by atomic mass is 9.94. The molecular formula is C26H27FN4O5. The van der Waals surface area contributed by atoms with Gasteiger partial charge in [0.2, 0.25) is 5.82 Å². The number of amides is 2. The van der Waals surface area contributed by atoms with Gasteiger partial charge in [0, 0.05) is 17.9 Å². The number of nitrogens with one attached hydrogen (secondary N) is 1. The van der Waals surface area contributed by atoms with Crippen molar-refractivity contribution in [1.82, 2.24) is 20.4 Å². The topological polar surface area (TPSA) is 99.0 Å². The molecule has 1 N–H and O–H groups in total. The minimum Gasteiger partial charge on any atom is -0.493 e. The second-order valence-electron chi connectivity index (χ2n) is 8.68. The third kappa shape index (κ3) is 4.51. The van der Waals surface area contributed by atoms with Crippen LogP contribution in [0.3, 0.4) is 0 Å². The average molecular weight is 495 g/mol. The van der Waals surface area contributed by atoms with Crippen molar-refractivity contribution in [3.63, 3.8) is 0 Å². The summed E-state index contributed by atoms with van der Waals surface area (Å²) in [6, 6.07) is 10.6. The van der Waals surface area contributed by atoms with Gasteiger partial charge in [0.15, 0.2) is 11.5 Å². The number of urea groups is 1. The maximum absolute atomic E-state index is 13.8. The summed E-state index contributed by atoms with van der Waals surface area (Å²) in [5.74, 6) is 1.17. The van der Waals surface area contributed by atoms with Crippen molar-refractivity contribution in [2.24, 2.45) is 0 Å². The summed E-state index contributed by atoms with van der Waals surface area (Å²) in [6.45, 7) is 2.94. The normalized spacial score (nSPS) is 20.0. The van der Waals surface area contributed by atoms with Crippen molar-refractivity contribution < 1.29 is 27.9 Å². The van der Waals surface area contributed by atoms with E-state index in [0.717, 1.165) is 18.4 Å². The molecule has 1 aromatic heterocycles. The number of benzene rings is 2. The summed E-state index contributed by atoms with van der Waals surface area (Å²) in [7, 11) is 3.11. The van der Waals surface area contributed by atoms with E-state index in [2.05, 4.69) is 15.5 Å². The lowest BCUT2D eigenvalue weighted by molar-refractivity contribution is 0.0877. The van der Waals surface area contributed by atoms with Gasteiger partial charge < -0.3 is 24.1 Å². The Morgan fingerprint density at radius 1 is 1.17 bits per heavy atom. The lowest BCUT2D eigenvalue weighted by Gasteiger charge is -2.36. The molecule has 0 spiro atoms.